The van der Waals surface area contributed by atoms with Crippen LogP contribution in [0.2, 0.25) is 0 Å². The topological polar surface area (TPSA) is 125 Å². The second-order valence-electron chi connectivity index (χ2n) is 3.43. The van der Waals surface area contributed by atoms with Gasteiger partial charge in [0.2, 0.25) is 0 Å². The Balaban J connectivity index is 0. The highest BCUT2D eigenvalue weighted by molar-refractivity contribution is 5.74. The van der Waals surface area contributed by atoms with E-state index >= 15 is 0 Å². The minimum absolute atomic E-state index is 0.112. The van der Waals surface area contributed by atoms with Crippen LogP contribution in [0, 0.1) is 5.41 Å². The van der Waals surface area contributed by atoms with Gasteiger partial charge in [0.25, 0.3) is 0 Å². The van der Waals surface area contributed by atoms with E-state index in [0.29, 0.717) is 19.4 Å². The first-order valence-corrected chi connectivity index (χ1v) is 5.51. The molecule has 0 aromatic rings. The van der Waals surface area contributed by atoms with Crippen LogP contribution in [0.3, 0.4) is 0 Å². The molecule has 1 atom stereocenters. The Morgan fingerprint density at radius 2 is 1.94 bits per heavy atom. The van der Waals surface area contributed by atoms with Crippen molar-refractivity contribution in [3.05, 3.63) is 0 Å². The van der Waals surface area contributed by atoms with Gasteiger partial charge in [-0.1, -0.05) is 26.7 Å². The fourth-order valence-electron chi connectivity index (χ4n) is 0.669. The van der Waals surface area contributed by atoms with Crippen LogP contribution < -0.4 is 16.8 Å². The lowest BCUT2D eigenvalue weighted by atomic mass is 10.2. The zero-order valence-electron chi connectivity index (χ0n) is 10.1. The van der Waals surface area contributed by atoms with E-state index in [-0.39, 0.29) is 5.96 Å². The smallest absolute Gasteiger partial charge is 0.320 e. The number of carboxylic acids is 1. The Bertz CT molecular complexity index is 195. The van der Waals surface area contributed by atoms with Crippen LogP contribution in [-0.2, 0) is 4.79 Å². The van der Waals surface area contributed by atoms with E-state index in [2.05, 4.69) is 19.2 Å². The number of aliphatic carboxylic acids is 1. The lowest BCUT2D eigenvalue weighted by Crippen LogP contribution is -2.34. The minimum Gasteiger partial charge on any atom is -0.480 e. The third kappa shape index (κ3) is 15.2. The highest BCUT2D eigenvalue weighted by Crippen LogP contribution is 1.92. The predicted molar refractivity (Wildman–Crippen MR) is 65.3 cm³/mol. The van der Waals surface area contributed by atoms with Crippen LogP contribution in [0.5, 0.6) is 0 Å². The summed E-state index contributed by atoms with van der Waals surface area (Å²) in [5.41, 5.74) is 10.2. The summed E-state index contributed by atoms with van der Waals surface area (Å²) in [4.78, 5) is 10.2. The molecule has 0 spiro atoms. The van der Waals surface area contributed by atoms with Crippen molar-refractivity contribution in [1.29, 1.82) is 5.41 Å². The van der Waals surface area contributed by atoms with Gasteiger partial charge in [0, 0.05) is 6.54 Å². The summed E-state index contributed by atoms with van der Waals surface area (Å²) in [6.07, 6.45) is 3.61. The van der Waals surface area contributed by atoms with Gasteiger partial charge in [-0.15, -0.1) is 0 Å². The summed E-state index contributed by atoms with van der Waals surface area (Å²) in [7, 11) is 0. The number of carboxylic acid groups (broad SMARTS) is 1. The van der Waals surface area contributed by atoms with Gasteiger partial charge in [-0.25, -0.2) is 0 Å². The molecule has 0 aliphatic heterocycles. The van der Waals surface area contributed by atoms with Crippen LogP contribution in [0.4, 0.5) is 0 Å². The van der Waals surface area contributed by atoms with Gasteiger partial charge < -0.3 is 21.9 Å². The maximum atomic E-state index is 10.2. The number of nitrogens with one attached hydrogen (secondary N) is 2. The second-order valence-corrected chi connectivity index (χ2v) is 3.43. The number of unbranched alkanes of at least 4 members (excludes halogenated alkanes) is 1. The highest BCUT2D eigenvalue weighted by atomic mass is 16.4. The molecule has 96 valence electrons. The third-order valence-electron chi connectivity index (χ3n) is 1.82. The number of carbonyl (C=O) groups is 1. The number of guanidine groups is 1. The summed E-state index contributed by atoms with van der Waals surface area (Å²) in [6.45, 7) is 4.84. The molecule has 0 aliphatic carbocycles. The third-order valence-corrected chi connectivity index (χ3v) is 1.82. The number of hydrogen-bond acceptors (Lipinski definition) is 3. The maximum Gasteiger partial charge on any atom is 0.320 e. The van der Waals surface area contributed by atoms with E-state index in [1.165, 1.54) is 12.8 Å². The molecular formula is C10H24N4O2. The Hall–Kier alpha value is -1.30. The second kappa shape index (κ2) is 11.8. The number of rotatable bonds is 6. The summed E-state index contributed by atoms with van der Waals surface area (Å²) < 4.78 is 0. The van der Waals surface area contributed by atoms with Gasteiger partial charge in [-0.3, -0.25) is 10.2 Å². The molecule has 0 bridgehead atoms. The van der Waals surface area contributed by atoms with Crippen molar-refractivity contribution in [2.24, 2.45) is 11.5 Å². The van der Waals surface area contributed by atoms with E-state index in [1.54, 1.807) is 0 Å². The fraction of sp³-hybridized carbons (Fsp3) is 0.800. The first-order chi connectivity index (χ1) is 7.45. The standard InChI is InChI=1S/C6H14N4O2.C4H10/c7-4(5(11)12)2-1-3-10-6(8)9;1-3-4-2/h4H,1-3,7H2,(H,11,12)(H4,8,9,10);3-4H2,1-2H3. The van der Waals surface area contributed by atoms with E-state index < -0.39 is 12.0 Å². The van der Waals surface area contributed by atoms with E-state index in [9.17, 15) is 4.79 Å². The molecule has 0 saturated carbocycles. The molecule has 7 N–H and O–H groups in total. The van der Waals surface area contributed by atoms with Crippen molar-refractivity contribution in [3.8, 4) is 0 Å². The summed E-state index contributed by atoms with van der Waals surface area (Å²) in [5.74, 6) is -1.11. The molecule has 0 saturated heterocycles. The van der Waals surface area contributed by atoms with Crippen molar-refractivity contribution in [1.82, 2.24) is 5.32 Å². The van der Waals surface area contributed by atoms with Gasteiger partial charge in [-0.2, -0.15) is 0 Å². The Labute approximate surface area is 96.9 Å². The average molecular weight is 232 g/mol. The lowest BCUT2D eigenvalue weighted by Gasteiger charge is -2.06. The predicted octanol–water partition coefficient (Wildman–Crippen LogP) is 0.468. The fourth-order valence-corrected chi connectivity index (χ4v) is 0.669. The summed E-state index contributed by atoms with van der Waals surface area (Å²) in [5, 5.41) is 17.7. The Morgan fingerprint density at radius 3 is 2.25 bits per heavy atom. The quantitative estimate of drug-likeness (QED) is 0.258. The van der Waals surface area contributed by atoms with Gasteiger partial charge >= 0.3 is 5.97 Å². The molecule has 6 nitrogen and oxygen atoms in total. The molecule has 0 aromatic carbocycles. The molecule has 0 radical (unpaired) electrons. The zero-order valence-corrected chi connectivity index (χ0v) is 10.1. The van der Waals surface area contributed by atoms with Crippen LogP contribution in [0.25, 0.3) is 0 Å². The van der Waals surface area contributed by atoms with E-state index in [1.807, 2.05) is 0 Å². The SMILES string of the molecule is CCCC.N=C(N)NCCCC(N)C(=O)O. The van der Waals surface area contributed by atoms with Crippen molar-refractivity contribution in [2.45, 2.75) is 45.6 Å². The number of hydrogen-bond donors (Lipinski definition) is 5. The van der Waals surface area contributed by atoms with E-state index in [0.717, 1.165) is 0 Å². The van der Waals surface area contributed by atoms with Crippen LogP contribution in [0.15, 0.2) is 0 Å². The molecule has 0 amide bonds. The van der Waals surface area contributed by atoms with E-state index in [4.69, 9.17) is 22.0 Å². The molecule has 16 heavy (non-hydrogen) atoms. The van der Waals surface area contributed by atoms with Gasteiger partial charge in [0.05, 0.1) is 0 Å². The van der Waals surface area contributed by atoms with Crippen LogP contribution in [0.1, 0.15) is 39.5 Å². The average Bonchev–Trinajstić information content (AvgIpc) is 2.24. The molecule has 0 heterocycles. The number of nitrogens with two attached hydrogens (primary N) is 2. The molecule has 0 rings (SSSR count). The van der Waals surface area contributed by atoms with Gasteiger partial charge in [0.15, 0.2) is 5.96 Å². The molecule has 1 unspecified atom stereocenters. The normalized spacial score (nSPS) is 10.9. The minimum atomic E-state index is -1.00. The molecule has 0 aromatic heterocycles. The zero-order chi connectivity index (χ0) is 13.0. The monoisotopic (exact) mass is 232 g/mol. The molecular weight excluding hydrogens is 208 g/mol. The van der Waals surface area contributed by atoms with Gasteiger partial charge in [0.1, 0.15) is 6.04 Å². The summed E-state index contributed by atoms with van der Waals surface area (Å²) >= 11 is 0. The van der Waals surface area contributed by atoms with Crippen molar-refractivity contribution in [2.75, 3.05) is 6.54 Å². The first kappa shape index (κ1) is 17.1. The lowest BCUT2D eigenvalue weighted by molar-refractivity contribution is -0.138. The van der Waals surface area contributed by atoms with Crippen molar-refractivity contribution in [3.63, 3.8) is 0 Å². The molecule has 0 aliphatic rings. The first-order valence-electron chi connectivity index (χ1n) is 5.51. The Morgan fingerprint density at radius 1 is 1.44 bits per heavy atom. The van der Waals surface area contributed by atoms with Crippen LogP contribution in [-0.4, -0.2) is 29.6 Å². The maximum absolute atomic E-state index is 10.2. The largest absolute Gasteiger partial charge is 0.480 e. The Kier molecular flexibility index (Phi) is 12.6. The molecule has 6 heteroatoms. The van der Waals surface area contributed by atoms with Crippen LogP contribution >= 0.6 is 0 Å². The summed E-state index contributed by atoms with van der Waals surface area (Å²) in [6, 6.07) is -0.821. The molecule has 0 fully saturated rings. The van der Waals surface area contributed by atoms with Crippen molar-refractivity contribution >= 4 is 11.9 Å². The van der Waals surface area contributed by atoms with Gasteiger partial charge in [-0.05, 0) is 12.8 Å². The highest BCUT2D eigenvalue weighted by Gasteiger charge is 2.09. The van der Waals surface area contributed by atoms with Crippen molar-refractivity contribution < 1.29 is 9.90 Å².